The summed E-state index contributed by atoms with van der Waals surface area (Å²) in [6, 6.07) is 7.93. The number of rotatable bonds is 7. The highest BCUT2D eigenvalue weighted by atomic mass is 32.2. The van der Waals surface area contributed by atoms with E-state index >= 15 is 0 Å². The van der Waals surface area contributed by atoms with Gasteiger partial charge < -0.3 is 25.3 Å². The van der Waals surface area contributed by atoms with Crippen LogP contribution in [0.1, 0.15) is 44.7 Å². The van der Waals surface area contributed by atoms with Crippen molar-refractivity contribution in [2.45, 2.75) is 23.3 Å². The Morgan fingerprint density at radius 2 is 1.37 bits per heavy atom. The average Bonchev–Trinajstić information content (AvgIpc) is 2.86. The SMILES string of the molecule is O=C(O)C[C@](O)(CC(=O)N1CCN(S(=O)(=O)c2cc3c(cc2O)C(=O)c2ccccc2C3=O)CC1)C(=O)O. The van der Waals surface area contributed by atoms with E-state index in [1.807, 2.05) is 0 Å². The number of ketones is 2. The van der Waals surface area contributed by atoms with Gasteiger partial charge in [0.05, 0.1) is 12.8 Å². The number of phenolic OH excluding ortho intramolecular Hbond substituents is 1. The number of carboxylic acids is 2. The van der Waals surface area contributed by atoms with E-state index in [9.17, 15) is 42.6 Å². The summed E-state index contributed by atoms with van der Waals surface area (Å²) in [4.78, 5) is 61.1. The molecule has 1 amide bonds. The predicted octanol–water partition coefficient (Wildman–Crippen LogP) is -0.319. The largest absolute Gasteiger partial charge is 0.507 e. The molecule has 1 aliphatic carbocycles. The Balaban J connectivity index is 1.53. The van der Waals surface area contributed by atoms with Crippen LogP contribution in [0.15, 0.2) is 41.3 Å². The minimum Gasteiger partial charge on any atom is -0.507 e. The van der Waals surface area contributed by atoms with Crippen LogP contribution < -0.4 is 0 Å². The number of hydrogen-bond donors (Lipinski definition) is 4. The van der Waals surface area contributed by atoms with Crippen molar-refractivity contribution in [2.75, 3.05) is 26.2 Å². The second-order valence-electron chi connectivity index (χ2n) is 8.94. The number of nitrogens with zero attached hydrogens (tertiary/aromatic N) is 2. The summed E-state index contributed by atoms with van der Waals surface area (Å²) < 4.78 is 27.6. The zero-order valence-electron chi connectivity index (χ0n) is 19.7. The quantitative estimate of drug-likeness (QED) is 0.302. The van der Waals surface area contributed by atoms with E-state index in [4.69, 9.17) is 10.2 Å². The molecule has 1 atom stereocenters. The normalized spacial score (nSPS) is 17.3. The number of aliphatic hydroxyl groups is 1. The molecular weight excluding hydrogens is 524 g/mol. The van der Waals surface area contributed by atoms with Gasteiger partial charge in [0, 0.05) is 48.4 Å². The van der Waals surface area contributed by atoms with Crippen molar-refractivity contribution in [3.8, 4) is 5.75 Å². The first kappa shape index (κ1) is 26.9. The summed E-state index contributed by atoms with van der Waals surface area (Å²) in [7, 11) is -4.40. The number of phenols is 1. The van der Waals surface area contributed by atoms with E-state index < -0.39 is 68.5 Å². The first-order valence-corrected chi connectivity index (χ1v) is 12.7. The van der Waals surface area contributed by atoms with Gasteiger partial charge in [0.15, 0.2) is 17.2 Å². The van der Waals surface area contributed by atoms with Crippen LogP contribution in [0.2, 0.25) is 0 Å². The lowest BCUT2D eigenvalue weighted by Gasteiger charge is -2.35. The molecule has 1 fully saturated rings. The van der Waals surface area contributed by atoms with Crippen molar-refractivity contribution in [1.82, 2.24) is 9.21 Å². The van der Waals surface area contributed by atoms with Crippen LogP contribution in [0.4, 0.5) is 0 Å². The van der Waals surface area contributed by atoms with Crippen molar-refractivity contribution >= 4 is 39.4 Å². The van der Waals surface area contributed by atoms with Crippen LogP contribution in [0, 0.1) is 0 Å². The van der Waals surface area contributed by atoms with Crippen molar-refractivity contribution in [3.05, 3.63) is 58.7 Å². The fourth-order valence-electron chi connectivity index (χ4n) is 4.46. The Morgan fingerprint density at radius 1 is 0.842 bits per heavy atom. The smallest absolute Gasteiger partial charge is 0.336 e. The fraction of sp³-hybridized carbons (Fsp3) is 0.292. The molecule has 200 valence electrons. The highest BCUT2D eigenvalue weighted by Crippen LogP contribution is 2.35. The van der Waals surface area contributed by atoms with Gasteiger partial charge in [0.1, 0.15) is 10.6 Å². The highest BCUT2D eigenvalue weighted by Gasteiger charge is 2.43. The number of hydrogen-bond acceptors (Lipinski definition) is 9. The van der Waals surface area contributed by atoms with Gasteiger partial charge in [-0.2, -0.15) is 4.31 Å². The number of fused-ring (bicyclic) bond motifs is 2. The fourth-order valence-corrected chi connectivity index (χ4v) is 5.98. The van der Waals surface area contributed by atoms with Gasteiger partial charge in [-0.05, 0) is 12.1 Å². The number of carbonyl (C=O) groups excluding carboxylic acids is 3. The van der Waals surface area contributed by atoms with E-state index in [1.54, 1.807) is 12.1 Å². The Morgan fingerprint density at radius 3 is 1.87 bits per heavy atom. The molecule has 2 aromatic rings. The Kier molecular flexibility index (Phi) is 6.82. The molecule has 2 aliphatic rings. The van der Waals surface area contributed by atoms with Gasteiger partial charge in [-0.25, -0.2) is 13.2 Å². The van der Waals surface area contributed by atoms with Crippen LogP contribution >= 0.6 is 0 Å². The van der Waals surface area contributed by atoms with Gasteiger partial charge in [-0.15, -0.1) is 0 Å². The first-order valence-electron chi connectivity index (χ1n) is 11.3. The van der Waals surface area contributed by atoms with Crippen LogP contribution in [0.25, 0.3) is 0 Å². The Labute approximate surface area is 215 Å². The zero-order valence-corrected chi connectivity index (χ0v) is 20.5. The summed E-state index contributed by atoms with van der Waals surface area (Å²) in [6.07, 6.45) is -2.23. The number of carboxylic acid groups (broad SMARTS) is 2. The number of carbonyl (C=O) groups is 5. The van der Waals surface area contributed by atoms with E-state index in [0.29, 0.717) is 0 Å². The minimum absolute atomic E-state index is 0.107. The van der Waals surface area contributed by atoms with Crippen molar-refractivity contribution < 1.29 is 52.8 Å². The predicted molar refractivity (Wildman–Crippen MR) is 126 cm³/mol. The molecule has 0 unspecified atom stereocenters. The third-order valence-electron chi connectivity index (χ3n) is 6.50. The number of aliphatic carboxylic acids is 2. The lowest BCUT2D eigenvalue weighted by atomic mass is 9.84. The molecule has 13 nitrogen and oxygen atoms in total. The molecule has 38 heavy (non-hydrogen) atoms. The van der Waals surface area contributed by atoms with Crippen LogP contribution in [0.3, 0.4) is 0 Å². The molecule has 1 aliphatic heterocycles. The lowest BCUT2D eigenvalue weighted by molar-refractivity contribution is -0.169. The lowest BCUT2D eigenvalue weighted by Crippen LogP contribution is -2.53. The molecular formula is C24H22N2O11S. The number of piperazine rings is 1. The Hall–Kier alpha value is -4.14. The molecule has 0 bridgehead atoms. The number of benzene rings is 2. The molecule has 4 rings (SSSR count). The maximum absolute atomic E-state index is 13.3. The minimum atomic E-state index is -4.40. The van der Waals surface area contributed by atoms with Crippen molar-refractivity contribution in [1.29, 1.82) is 0 Å². The molecule has 1 heterocycles. The molecule has 0 radical (unpaired) electrons. The summed E-state index contributed by atoms with van der Waals surface area (Å²) in [5, 5.41) is 38.6. The second kappa shape index (κ2) is 9.63. The first-order chi connectivity index (χ1) is 17.8. The maximum atomic E-state index is 13.3. The van der Waals surface area contributed by atoms with Gasteiger partial charge in [0.2, 0.25) is 15.9 Å². The van der Waals surface area contributed by atoms with E-state index in [-0.39, 0.29) is 48.4 Å². The monoisotopic (exact) mass is 546 g/mol. The molecule has 1 saturated heterocycles. The second-order valence-corrected chi connectivity index (χ2v) is 10.8. The van der Waals surface area contributed by atoms with Crippen LogP contribution in [0.5, 0.6) is 5.75 Å². The van der Waals surface area contributed by atoms with Gasteiger partial charge in [-0.3, -0.25) is 19.2 Å². The third-order valence-corrected chi connectivity index (χ3v) is 8.43. The maximum Gasteiger partial charge on any atom is 0.336 e. The van der Waals surface area contributed by atoms with Gasteiger partial charge in [-0.1, -0.05) is 24.3 Å². The number of aromatic hydroxyl groups is 1. The Bertz CT molecular complexity index is 1490. The van der Waals surface area contributed by atoms with E-state index in [2.05, 4.69) is 0 Å². The summed E-state index contributed by atoms with van der Waals surface area (Å²) >= 11 is 0. The summed E-state index contributed by atoms with van der Waals surface area (Å²) in [6.45, 7) is -0.968. The molecule has 14 heteroatoms. The standard InChI is InChI=1S/C24H22N2O11S/c27-17-9-15-16(22(32)14-4-2-1-3-13(14)21(15)31)10-18(17)38(36,37)26-7-5-25(6-8-26)19(28)11-24(35,23(33)34)12-20(29)30/h1-4,9-10,27,35H,5-8,11-12H2,(H,29,30)(H,33,34)/t24-/m1/s1. The van der Waals surface area contributed by atoms with Crippen LogP contribution in [-0.4, -0.2) is 99.2 Å². The number of sulfonamides is 1. The molecule has 2 aromatic carbocycles. The van der Waals surface area contributed by atoms with Gasteiger partial charge in [0.25, 0.3) is 0 Å². The molecule has 0 aromatic heterocycles. The molecule has 0 saturated carbocycles. The highest BCUT2D eigenvalue weighted by molar-refractivity contribution is 7.89. The molecule has 0 spiro atoms. The topological polar surface area (TPSA) is 207 Å². The summed E-state index contributed by atoms with van der Waals surface area (Å²) in [5.74, 6) is -6.23. The van der Waals surface area contributed by atoms with E-state index in [0.717, 1.165) is 21.3 Å². The molecule has 4 N–H and O–H groups in total. The van der Waals surface area contributed by atoms with Crippen molar-refractivity contribution in [3.63, 3.8) is 0 Å². The zero-order chi connectivity index (χ0) is 28.0. The number of amides is 1. The average molecular weight is 547 g/mol. The third kappa shape index (κ3) is 4.64. The van der Waals surface area contributed by atoms with Crippen molar-refractivity contribution in [2.24, 2.45) is 0 Å². The van der Waals surface area contributed by atoms with Gasteiger partial charge >= 0.3 is 11.9 Å². The summed E-state index contributed by atoms with van der Waals surface area (Å²) in [5.41, 5.74) is -2.89. The van der Waals surface area contributed by atoms with Crippen LogP contribution in [-0.2, 0) is 24.4 Å². The van der Waals surface area contributed by atoms with E-state index in [1.165, 1.54) is 12.1 Å².